The summed E-state index contributed by atoms with van der Waals surface area (Å²) in [5.41, 5.74) is 1.36. The summed E-state index contributed by atoms with van der Waals surface area (Å²) in [5.74, 6) is 2.03. The molecule has 4 nitrogen and oxygen atoms in total. The first kappa shape index (κ1) is 19.0. The fraction of sp³-hybridized carbons (Fsp3) is 0.591. The van der Waals surface area contributed by atoms with Crippen molar-refractivity contribution in [2.45, 2.75) is 32.1 Å². The highest BCUT2D eigenvalue weighted by atomic mass is 16.5. The molecule has 1 atom stereocenters. The van der Waals surface area contributed by atoms with Crippen LogP contribution in [-0.4, -0.2) is 56.0 Å². The maximum atomic E-state index is 12.5. The van der Waals surface area contributed by atoms with Crippen LogP contribution >= 0.6 is 0 Å². The maximum absolute atomic E-state index is 12.5. The van der Waals surface area contributed by atoms with Crippen LogP contribution in [0.2, 0.25) is 0 Å². The standard InChI is InChI=1S/C22H32N2O2/c1-23(22(25)20-7-3-4-8-20)16-19-6-5-14-24(17-19)15-13-18-9-11-21(26-2)12-10-18/h3-4,9-12,19-20H,5-8,13-17H2,1-2H3/t19-/m0/s1. The van der Waals surface area contributed by atoms with Crippen molar-refractivity contribution in [2.75, 3.05) is 40.3 Å². The van der Waals surface area contributed by atoms with Crippen molar-refractivity contribution < 1.29 is 9.53 Å². The number of hydrogen-bond acceptors (Lipinski definition) is 3. The molecule has 4 heteroatoms. The highest BCUT2D eigenvalue weighted by Crippen LogP contribution is 2.23. The maximum Gasteiger partial charge on any atom is 0.226 e. The van der Waals surface area contributed by atoms with Crippen molar-refractivity contribution in [3.05, 3.63) is 42.0 Å². The molecule has 0 saturated carbocycles. The van der Waals surface area contributed by atoms with Gasteiger partial charge in [-0.05, 0) is 62.3 Å². The predicted octanol–water partition coefficient (Wildman–Crippen LogP) is 3.37. The van der Waals surface area contributed by atoms with Crippen molar-refractivity contribution in [3.8, 4) is 5.75 Å². The molecular formula is C22H32N2O2. The quantitative estimate of drug-likeness (QED) is 0.702. The summed E-state index contributed by atoms with van der Waals surface area (Å²) in [6, 6.07) is 8.38. The van der Waals surface area contributed by atoms with Crippen LogP contribution in [0.1, 0.15) is 31.2 Å². The lowest BCUT2D eigenvalue weighted by atomic mass is 9.96. The minimum absolute atomic E-state index is 0.190. The Labute approximate surface area is 157 Å². The third-order valence-electron chi connectivity index (χ3n) is 5.74. The largest absolute Gasteiger partial charge is 0.497 e. The predicted molar refractivity (Wildman–Crippen MR) is 105 cm³/mol. The molecule has 0 spiro atoms. The SMILES string of the molecule is COc1ccc(CCN2CCC[C@@H](CN(C)C(=O)C3CC=CC3)C2)cc1. The molecule has 0 aromatic heterocycles. The molecule has 1 aliphatic carbocycles. The molecule has 2 aliphatic rings. The molecule has 142 valence electrons. The lowest BCUT2D eigenvalue weighted by Crippen LogP contribution is -2.43. The molecule has 0 bridgehead atoms. The Hall–Kier alpha value is -1.81. The van der Waals surface area contributed by atoms with Crippen LogP contribution in [0.15, 0.2) is 36.4 Å². The van der Waals surface area contributed by atoms with Crippen LogP contribution in [0, 0.1) is 11.8 Å². The van der Waals surface area contributed by atoms with E-state index >= 15 is 0 Å². The minimum Gasteiger partial charge on any atom is -0.497 e. The number of carbonyl (C=O) groups is 1. The van der Waals surface area contributed by atoms with E-state index in [4.69, 9.17) is 4.74 Å². The van der Waals surface area contributed by atoms with E-state index in [0.29, 0.717) is 11.8 Å². The lowest BCUT2D eigenvalue weighted by molar-refractivity contribution is -0.134. The van der Waals surface area contributed by atoms with Gasteiger partial charge in [-0.2, -0.15) is 0 Å². The Morgan fingerprint density at radius 2 is 1.96 bits per heavy atom. The van der Waals surface area contributed by atoms with Gasteiger partial charge < -0.3 is 14.5 Å². The Bertz CT molecular complexity index is 603. The van der Waals surface area contributed by atoms with Gasteiger partial charge >= 0.3 is 0 Å². The summed E-state index contributed by atoms with van der Waals surface area (Å²) < 4.78 is 5.22. The second-order valence-electron chi connectivity index (χ2n) is 7.77. The zero-order valence-corrected chi connectivity index (χ0v) is 16.2. The number of nitrogens with zero attached hydrogens (tertiary/aromatic N) is 2. The number of carbonyl (C=O) groups excluding carboxylic acids is 1. The van der Waals surface area contributed by atoms with Gasteiger partial charge in [-0.15, -0.1) is 0 Å². The van der Waals surface area contributed by atoms with E-state index in [-0.39, 0.29) is 5.92 Å². The third kappa shape index (κ3) is 5.10. The first-order valence-corrected chi connectivity index (χ1v) is 9.91. The molecule has 1 saturated heterocycles. The van der Waals surface area contributed by atoms with Gasteiger partial charge in [0.25, 0.3) is 0 Å². The Balaban J connectivity index is 1.43. The van der Waals surface area contributed by atoms with Crippen molar-refractivity contribution in [1.29, 1.82) is 0 Å². The van der Waals surface area contributed by atoms with E-state index in [2.05, 4.69) is 29.2 Å². The fourth-order valence-corrected chi connectivity index (χ4v) is 4.19. The normalized spacial score (nSPS) is 21.1. The van der Waals surface area contributed by atoms with Gasteiger partial charge in [-0.3, -0.25) is 4.79 Å². The Morgan fingerprint density at radius 1 is 1.23 bits per heavy atom. The van der Waals surface area contributed by atoms with Crippen molar-refractivity contribution in [1.82, 2.24) is 9.80 Å². The van der Waals surface area contributed by atoms with Crippen LogP contribution in [0.5, 0.6) is 5.75 Å². The molecule has 1 aromatic rings. The monoisotopic (exact) mass is 356 g/mol. The summed E-state index contributed by atoms with van der Waals surface area (Å²) >= 11 is 0. The summed E-state index contributed by atoms with van der Waals surface area (Å²) in [4.78, 5) is 17.1. The first-order chi connectivity index (χ1) is 12.7. The number of methoxy groups -OCH3 is 1. The average Bonchev–Trinajstić information content (AvgIpc) is 3.21. The number of rotatable bonds is 7. The molecule has 0 unspecified atom stereocenters. The molecule has 1 fully saturated rings. The minimum atomic E-state index is 0.190. The van der Waals surface area contributed by atoms with Gasteiger partial charge in [0.05, 0.1) is 7.11 Å². The molecule has 1 heterocycles. The van der Waals surface area contributed by atoms with E-state index in [1.807, 2.05) is 24.1 Å². The van der Waals surface area contributed by atoms with E-state index in [9.17, 15) is 4.79 Å². The number of allylic oxidation sites excluding steroid dienone is 2. The van der Waals surface area contributed by atoms with Crippen LogP contribution < -0.4 is 4.74 Å². The van der Waals surface area contributed by atoms with Crippen molar-refractivity contribution in [3.63, 3.8) is 0 Å². The molecule has 0 radical (unpaired) electrons. The Morgan fingerprint density at radius 3 is 2.65 bits per heavy atom. The zero-order chi connectivity index (χ0) is 18.4. The van der Waals surface area contributed by atoms with Gasteiger partial charge in [-0.1, -0.05) is 24.3 Å². The number of amides is 1. The second-order valence-corrected chi connectivity index (χ2v) is 7.77. The molecular weight excluding hydrogens is 324 g/mol. The topological polar surface area (TPSA) is 32.8 Å². The highest BCUT2D eigenvalue weighted by Gasteiger charge is 2.26. The zero-order valence-electron chi connectivity index (χ0n) is 16.2. The summed E-state index contributed by atoms with van der Waals surface area (Å²) in [7, 11) is 3.69. The van der Waals surface area contributed by atoms with Gasteiger partial charge in [0, 0.05) is 32.6 Å². The first-order valence-electron chi connectivity index (χ1n) is 9.91. The number of piperidine rings is 1. The molecule has 1 aliphatic heterocycles. The summed E-state index contributed by atoms with van der Waals surface area (Å²) in [6.45, 7) is 4.27. The Kier molecular flexibility index (Phi) is 6.73. The summed E-state index contributed by atoms with van der Waals surface area (Å²) in [5, 5.41) is 0. The van der Waals surface area contributed by atoms with Gasteiger partial charge in [0.1, 0.15) is 5.75 Å². The van der Waals surface area contributed by atoms with Gasteiger partial charge in [0.2, 0.25) is 5.91 Å². The third-order valence-corrected chi connectivity index (χ3v) is 5.74. The van der Waals surface area contributed by atoms with E-state index in [1.165, 1.54) is 24.9 Å². The molecule has 1 amide bonds. The van der Waals surface area contributed by atoms with Crippen molar-refractivity contribution >= 4 is 5.91 Å². The second kappa shape index (κ2) is 9.22. The molecule has 0 N–H and O–H groups in total. The lowest BCUT2D eigenvalue weighted by Gasteiger charge is -2.35. The average molecular weight is 357 g/mol. The van der Waals surface area contributed by atoms with Gasteiger partial charge in [0.15, 0.2) is 0 Å². The molecule has 26 heavy (non-hydrogen) atoms. The summed E-state index contributed by atoms with van der Waals surface area (Å²) in [6.07, 6.45) is 9.65. The highest BCUT2D eigenvalue weighted by molar-refractivity contribution is 5.79. The smallest absolute Gasteiger partial charge is 0.226 e. The fourth-order valence-electron chi connectivity index (χ4n) is 4.19. The van der Waals surface area contributed by atoms with Crippen LogP contribution in [-0.2, 0) is 11.2 Å². The number of likely N-dealkylation sites (tertiary alicyclic amines) is 1. The molecule has 3 rings (SSSR count). The number of hydrogen-bond donors (Lipinski definition) is 0. The van der Waals surface area contributed by atoms with Crippen LogP contribution in [0.25, 0.3) is 0 Å². The van der Waals surface area contributed by atoms with E-state index in [1.54, 1.807) is 7.11 Å². The van der Waals surface area contributed by atoms with Crippen molar-refractivity contribution in [2.24, 2.45) is 11.8 Å². The van der Waals surface area contributed by atoms with E-state index in [0.717, 1.165) is 44.6 Å². The van der Waals surface area contributed by atoms with Gasteiger partial charge in [-0.25, -0.2) is 0 Å². The molecule has 1 aromatic carbocycles. The number of ether oxygens (including phenoxy) is 1. The van der Waals surface area contributed by atoms with E-state index < -0.39 is 0 Å². The number of benzene rings is 1. The van der Waals surface area contributed by atoms with Crippen LogP contribution in [0.3, 0.4) is 0 Å². The van der Waals surface area contributed by atoms with Crippen LogP contribution in [0.4, 0.5) is 0 Å².